The van der Waals surface area contributed by atoms with Gasteiger partial charge in [-0.15, -0.1) is 0 Å². The number of hydrogen-bond donors (Lipinski definition) is 1. The number of anilines is 1. The molecule has 0 bridgehead atoms. The topological polar surface area (TPSA) is 75.6 Å². The number of nitrogens with zero attached hydrogens (tertiary/aromatic N) is 3. The van der Waals surface area contributed by atoms with Crippen molar-refractivity contribution in [3.8, 4) is 16.9 Å². The van der Waals surface area contributed by atoms with E-state index >= 15 is 0 Å². The number of hydrogen-bond acceptors (Lipinski definition) is 5. The summed E-state index contributed by atoms with van der Waals surface area (Å²) >= 11 is 0. The molecule has 1 N–H and O–H groups in total. The van der Waals surface area contributed by atoms with E-state index in [-0.39, 0.29) is 0 Å². The lowest BCUT2D eigenvalue weighted by Gasteiger charge is -2.19. The monoisotopic (exact) mass is 415 g/mol. The predicted molar refractivity (Wildman–Crippen MR) is 118 cm³/mol. The molecule has 3 aromatic rings. The van der Waals surface area contributed by atoms with Crippen LogP contribution in [0.25, 0.3) is 11.1 Å². The van der Waals surface area contributed by atoms with Crippen LogP contribution in [-0.4, -0.2) is 40.7 Å². The molecule has 2 unspecified atom stereocenters. The maximum absolute atomic E-state index is 11.0. The molecule has 158 valence electrons. The lowest BCUT2D eigenvalue weighted by Crippen LogP contribution is -2.27. The largest absolute Gasteiger partial charge is 0.493 e. The average Bonchev–Trinajstić information content (AvgIpc) is 3.26. The van der Waals surface area contributed by atoms with E-state index < -0.39 is 5.97 Å². The molecule has 1 saturated carbocycles. The Kier molecular flexibility index (Phi) is 5.06. The molecule has 2 atom stereocenters. The van der Waals surface area contributed by atoms with Gasteiger partial charge in [-0.25, -0.2) is 14.8 Å². The van der Waals surface area contributed by atoms with Gasteiger partial charge in [-0.05, 0) is 59.2 Å². The Bertz CT molecular complexity index is 1050. The van der Waals surface area contributed by atoms with Crippen LogP contribution in [0.4, 0.5) is 5.95 Å². The van der Waals surface area contributed by atoms with Crippen LogP contribution < -0.4 is 9.64 Å². The van der Waals surface area contributed by atoms with Gasteiger partial charge in [0.25, 0.3) is 0 Å². The highest BCUT2D eigenvalue weighted by molar-refractivity contribution is 5.88. The minimum Gasteiger partial charge on any atom is -0.493 e. The van der Waals surface area contributed by atoms with Gasteiger partial charge in [-0.3, -0.25) is 0 Å². The second-order valence-electron chi connectivity index (χ2n) is 8.36. The molecule has 2 heterocycles. The highest BCUT2D eigenvalue weighted by Crippen LogP contribution is 2.52. The Morgan fingerprint density at radius 1 is 1.00 bits per heavy atom. The van der Waals surface area contributed by atoms with Crippen molar-refractivity contribution in [3.05, 3.63) is 72.1 Å². The maximum Gasteiger partial charge on any atom is 0.335 e. The van der Waals surface area contributed by atoms with Crippen molar-refractivity contribution in [1.29, 1.82) is 0 Å². The predicted octanol–water partition coefficient (Wildman–Crippen LogP) is 4.17. The summed E-state index contributed by atoms with van der Waals surface area (Å²) in [6.07, 6.45) is 4.82. The molecule has 31 heavy (non-hydrogen) atoms. The zero-order valence-corrected chi connectivity index (χ0v) is 17.4. The Morgan fingerprint density at radius 3 is 2.13 bits per heavy atom. The van der Waals surface area contributed by atoms with Crippen LogP contribution in [0.5, 0.6) is 5.75 Å². The summed E-state index contributed by atoms with van der Waals surface area (Å²) in [6.45, 7) is 4.87. The van der Waals surface area contributed by atoms with Crippen molar-refractivity contribution >= 4 is 11.9 Å². The third-order valence-electron chi connectivity index (χ3n) is 6.52. The number of aromatic nitrogens is 2. The lowest BCUT2D eigenvalue weighted by atomic mass is 10.0. The molecule has 2 aliphatic rings. The van der Waals surface area contributed by atoms with Crippen LogP contribution in [0, 0.1) is 17.8 Å². The molecular weight excluding hydrogens is 390 g/mol. The van der Waals surface area contributed by atoms with Crippen molar-refractivity contribution < 1.29 is 14.6 Å². The number of aromatic carboxylic acids is 1. The zero-order chi connectivity index (χ0) is 21.4. The van der Waals surface area contributed by atoms with E-state index in [1.807, 2.05) is 48.8 Å². The van der Waals surface area contributed by atoms with E-state index in [0.717, 1.165) is 48.9 Å². The average molecular weight is 415 g/mol. The summed E-state index contributed by atoms with van der Waals surface area (Å²) in [4.78, 5) is 22.3. The first kappa shape index (κ1) is 19.5. The number of benzene rings is 2. The summed E-state index contributed by atoms with van der Waals surface area (Å²) in [5, 5.41) is 9.02. The molecule has 2 fully saturated rings. The smallest absolute Gasteiger partial charge is 0.335 e. The van der Waals surface area contributed by atoms with Crippen LogP contribution >= 0.6 is 0 Å². The lowest BCUT2D eigenvalue weighted by molar-refractivity contribution is 0.0697. The summed E-state index contributed by atoms with van der Waals surface area (Å²) in [6, 6.07) is 14.9. The van der Waals surface area contributed by atoms with Crippen molar-refractivity contribution in [1.82, 2.24) is 9.97 Å². The van der Waals surface area contributed by atoms with Gasteiger partial charge in [0, 0.05) is 31.4 Å². The van der Waals surface area contributed by atoms with E-state index in [2.05, 4.69) is 21.8 Å². The highest BCUT2D eigenvalue weighted by atomic mass is 16.5. The van der Waals surface area contributed by atoms with E-state index in [0.29, 0.717) is 23.3 Å². The summed E-state index contributed by atoms with van der Waals surface area (Å²) < 4.78 is 6.05. The van der Waals surface area contributed by atoms with Gasteiger partial charge in [-0.2, -0.15) is 0 Å². The van der Waals surface area contributed by atoms with E-state index in [9.17, 15) is 4.79 Å². The molecule has 0 radical (unpaired) electrons. The van der Waals surface area contributed by atoms with Crippen LogP contribution in [0.1, 0.15) is 22.8 Å². The number of piperidine rings is 1. The summed E-state index contributed by atoms with van der Waals surface area (Å²) in [5.41, 5.74) is 3.49. The van der Waals surface area contributed by atoms with Crippen LogP contribution in [-0.2, 0) is 6.42 Å². The van der Waals surface area contributed by atoms with Crippen LogP contribution in [0.2, 0.25) is 0 Å². The van der Waals surface area contributed by atoms with Gasteiger partial charge in [0.1, 0.15) is 5.75 Å². The van der Waals surface area contributed by atoms with Gasteiger partial charge in [0.15, 0.2) is 0 Å². The van der Waals surface area contributed by atoms with Gasteiger partial charge in [0.05, 0.1) is 12.2 Å². The van der Waals surface area contributed by atoms with E-state index in [1.165, 1.54) is 5.56 Å². The molecule has 0 amide bonds. The maximum atomic E-state index is 11.0. The van der Waals surface area contributed by atoms with Gasteiger partial charge >= 0.3 is 5.97 Å². The van der Waals surface area contributed by atoms with E-state index in [1.54, 1.807) is 12.1 Å². The SMILES string of the molecule is CCc1cnc(N2CC3C(COc4ccc(-c5ccc(C(=O)O)cc5)cc4)C3C2)nc1. The second kappa shape index (κ2) is 8.02. The molecular formula is C25H25N3O3. The molecule has 5 rings (SSSR count). The van der Waals surface area contributed by atoms with Gasteiger partial charge in [-0.1, -0.05) is 31.2 Å². The molecule has 1 aliphatic carbocycles. The Balaban J connectivity index is 1.12. The van der Waals surface area contributed by atoms with Crippen molar-refractivity contribution in [2.45, 2.75) is 13.3 Å². The normalized spacial score (nSPS) is 21.6. The van der Waals surface area contributed by atoms with Gasteiger partial charge < -0.3 is 14.7 Å². The molecule has 6 heteroatoms. The zero-order valence-electron chi connectivity index (χ0n) is 17.4. The number of ether oxygens (including phenoxy) is 1. The number of aryl methyl sites for hydroxylation is 1. The van der Waals surface area contributed by atoms with Crippen LogP contribution in [0.15, 0.2) is 60.9 Å². The fourth-order valence-electron chi connectivity index (χ4n) is 4.50. The molecule has 6 nitrogen and oxygen atoms in total. The standard InChI is InChI=1S/C25H25N3O3/c1-2-16-11-26-25(27-12-16)28-13-21-22(14-28)23(21)15-31-20-9-7-18(8-10-20)17-3-5-19(6-4-17)24(29)30/h3-12,21-23H,2,13-15H2,1H3,(H,29,30). The first-order valence-electron chi connectivity index (χ1n) is 10.7. The first-order valence-corrected chi connectivity index (χ1v) is 10.7. The number of carboxylic acids is 1. The minimum atomic E-state index is -0.912. The Hall–Kier alpha value is -3.41. The Labute approximate surface area is 181 Å². The first-order chi connectivity index (χ1) is 15.1. The summed E-state index contributed by atoms with van der Waals surface area (Å²) in [5.74, 6) is 2.74. The molecule has 2 aromatic carbocycles. The summed E-state index contributed by atoms with van der Waals surface area (Å²) in [7, 11) is 0. The number of rotatable bonds is 7. The number of carbonyl (C=O) groups is 1. The van der Waals surface area contributed by atoms with Crippen molar-refractivity contribution in [2.75, 3.05) is 24.6 Å². The van der Waals surface area contributed by atoms with Crippen LogP contribution in [0.3, 0.4) is 0 Å². The molecule has 1 aromatic heterocycles. The second-order valence-corrected chi connectivity index (χ2v) is 8.36. The quantitative estimate of drug-likeness (QED) is 0.624. The minimum absolute atomic E-state index is 0.293. The highest BCUT2D eigenvalue weighted by Gasteiger charge is 2.56. The fraction of sp³-hybridized carbons (Fsp3) is 0.320. The molecule has 0 spiro atoms. The third-order valence-corrected chi connectivity index (χ3v) is 6.52. The fourth-order valence-corrected chi connectivity index (χ4v) is 4.50. The van der Waals surface area contributed by atoms with Crippen molar-refractivity contribution in [3.63, 3.8) is 0 Å². The Morgan fingerprint density at radius 2 is 1.58 bits per heavy atom. The van der Waals surface area contributed by atoms with Crippen molar-refractivity contribution in [2.24, 2.45) is 17.8 Å². The third kappa shape index (κ3) is 3.98. The molecule has 1 aliphatic heterocycles. The number of fused-ring (bicyclic) bond motifs is 1. The number of carboxylic acid groups (broad SMARTS) is 1. The molecule has 1 saturated heterocycles. The van der Waals surface area contributed by atoms with E-state index in [4.69, 9.17) is 9.84 Å². The van der Waals surface area contributed by atoms with Gasteiger partial charge in [0.2, 0.25) is 5.95 Å².